The molecule has 0 aliphatic carbocycles. The standard InChI is InChI=1S/C23H27N3O4/c1-2-16-30-23(29)19-8-10-20(11-9-19)24-21(27)17-25-12-14-26(15-13-25)22(28)18-6-4-3-5-7-18/h3-11H,2,12-17H2,1H3,(H,24,27). The summed E-state index contributed by atoms with van der Waals surface area (Å²) in [6.07, 6.45) is 0.772. The van der Waals surface area contributed by atoms with E-state index < -0.39 is 0 Å². The number of anilines is 1. The molecule has 1 heterocycles. The second-order valence-corrected chi connectivity index (χ2v) is 7.20. The van der Waals surface area contributed by atoms with Gasteiger partial charge in [0, 0.05) is 37.4 Å². The predicted octanol–water partition coefficient (Wildman–Crippen LogP) is 2.65. The zero-order valence-corrected chi connectivity index (χ0v) is 17.2. The Balaban J connectivity index is 1.44. The molecule has 2 amide bonds. The average molecular weight is 409 g/mol. The summed E-state index contributed by atoms with van der Waals surface area (Å²) in [7, 11) is 0. The number of rotatable bonds is 7. The van der Waals surface area contributed by atoms with Crippen molar-refractivity contribution in [1.82, 2.24) is 9.80 Å². The Bertz CT molecular complexity index is 860. The molecule has 0 radical (unpaired) electrons. The van der Waals surface area contributed by atoms with Gasteiger partial charge in [0.25, 0.3) is 5.91 Å². The molecule has 3 rings (SSSR count). The summed E-state index contributed by atoms with van der Waals surface area (Å²) in [6.45, 7) is 5.07. The molecule has 1 fully saturated rings. The van der Waals surface area contributed by atoms with E-state index in [1.807, 2.05) is 47.1 Å². The molecule has 2 aromatic rings. The summed E-state index contributed by atoms with van der Waals surface area (Å²) >= 11 is 0. The van der Waals surface area contributed by atoms with E-state index in [0.717, 1.165) is 6.42 Å². The number of amides is 2. The Morgan fingerprint density at radius 2 is 1.57 bits per heavy atom. The van der Waals surface area contributed by atoms with Gasteiger partial charge in [0.05, 0.1) is 18.7 Å². The van der Waals surface area contributed by atoms with E-state index in [0.29, 0.717) is 49.6 Å². The van der Waals surface area contributed by atoms with Crippen LogP contribution >= 0.6 is 0 Å². The zero-order chi connectivity index (χ0) is 21.3. The minimum atomic E-state index is -0.363. The van der Waals surface area contributed by atoms with Crippen LogP contribution in [0.2, 0.25) is 0 Å². The van der Waals surface area contributed by atoms with E-state index in [9.17, 15) is 14.4 Å². The minimum Gasteiger partial charge on any atom is -0.462 e. The van der Waals surface area contributed by atoms with Gasteiger partial charge in [-0.1, -0.05) is 25.1 Å². The maximum atomic E-state index is 12.5. The lowest BCUT2D eigenvalue weighted by atomic mass is 10.2. The van der Waals surface area contributed by atoms with Crippen LogP contribution in [0.25, 0.3) is 0 Å². The highest BCUT2D eigenvalue weighted by Crippen LogP contribution is 2.12. The fraction of sp³-hybridized carbons (Fsp3) is 0.348. The van der Waals surface area contributed by atoms with Crippen LogP contribution in [0.3, 0.4) is 0 Å². The number of carbonyl (C=O) groups is 3. The number of hydrogen-bond donors (Lipinski definition) is 1. The first kappa shape index (κ1) is 21.5. The molecular weight excluding hydrogens is 382 g/mol. The van der Waals surface area contributed by atoms with Gasteiger partial charge in [0.1, 0.15) is 0 Å². The fourth-order valence-electron chi connectivity index (χ4n) is 3.24. The number of nitrogens with one attached hydrogen (secondary N) is 1. The van der Waals surface area contributed by atoms with Crippen molar-refractivity contribution in [2.45, 2.75) is 13.3 Å². The molecule has 0 unspecified atom stereocenters. The van der Waals surface area contributed by atoms with Crippen molar-refractivity contribution in [2.24, 2.45) is 0 Å². The van der Waals surface area contributed by atoms with Crippen molar-refractivity contribution < 1.29 is 19.1 Å². The van der Waals surface area contributed by atoms with Gasteiger partial charge < -0.3 is 15.0 Å². The van der Waals surface area contributed by atoms with Crippen LogP contribution in [0.15, 0.2) is 54.6 Å². The molecule has 0 spiro atoms. The molecule has 1 N–H and O–H groups in total. The maximum absolute atomic E-state index is 12.5. The number of hydrogen-bond acceptors (Lipinski definition) is 5. The zero-order valence-electron chi connectivity index (χ0n) is 17.2. The minimum absolute atomic E-state index is 0.0252. The quantitative estimate of drug-likeness (QED) is 0.712. The monoisotopic (exact) mass is 409 g/mol. The van der Waals surface area contributed by atoms with Gasteiger partial charge in [-0.15, -0.1) is 0 Å². The predicted molar refractivity (Wildman–Crippen MR) is 114 cm³/mol. The van der Waals surface area contributed by atoms with Gasteiger partial charge in [-0.3, -0.25) is 14.5 Å². The number of esters is 1. The number of benzene rings is 2. The first-order chi connectivity index (χ1) is 14.6. The average Bonchev–Trinajstić information content (AvgIpc) is 2.78. The van der Waals surface area contributed by atoms with Gasteiger partial charge in [-0.2, -0.15) is 0 Å². The molecule has 158 valence electrons. The Kier molecular flexibility index (Phi) is 7.57. The van der Waals surface area contributed by atoms with Crippen molar-refractivity contribution in [3.8, 4) is 0 Å². The Morgan fingerprint density at radius 3 is 2.20 bits per heavy atom. The summed E-state index contributed by atoms with van der Waals surface area (Å²) in [4.78, 5) is 40.5. The third-order valence-electron chi connectivity index (χ3n) is 4.89. The van der Waals surface area contributed by atoms with E-state index in [4.69, 9.17) is 4.74 Å². The van der Waals surface area contributed by atoms with E-state index in [1.54, 1.807) is 24.3 Å². The summed E-state index contributed by atoms with van der Waals surface area (Å²) in [5, 5.41) is 2.85. The highest BCUT2D eigenvalue weighted by Gasteiger charge is 2.23. The van der Waals surface area contributed by atoms with E-state index >= 15 is 0 Å². The van der Waals surface area contributed by atoms with Crippen LogP contribution in [-0.2, 0) is 9.53 Å². The van der Waals surface area contributed by atoms with Gasteiger partial charge in [0.15, 0.2) is 0 Å². The molecule has 0 bridgehead atoms. The number of carbonyl (C=O) groups excluding carboxylic acids is 3. The summed E-state index contributed by atoms with van der Waals surface area (Å²) in [6, 6.07) is 15.9. The number of piperazine rings is 1. The Morgan fingerprint density at radius 1 is 0.900 bits per heavy atom. The summed E-state index contributed by atoms with van der Waals surface area (Å²) in [5.74, 6) is -0.464. The van der Waals surface area contributed by atoms with Gasteiger partial charge in [-0.05, 0) is 42.8 Å². The third kappa shape index (κ3) is 5.90. The molecule has 7 heteroatoms. The molecule has 0 saturated carbocycles. The van der Waals surface area contributed by atoms with Crippen LogP contribution in [-0.4, -0.2) is 66.9 Å². The maximum Gasteiger partial charge on any atom is 0.338 e. The van der Waals surface area contributed by atoms with E-state index in [1.165, 1.54) is 0 Å². The van der Waals surface area contributed by atoms with Crippen LogP contribution < -0.4 is 5.32 Å². The van der Waals surface area contributed by atoms with Crippen molar-refractivity contribution in [3.63, 3.8) is 0 Å². The Labute approximate surface area is 176 Å². The van der Waals surface area contributed by atoms with Gasteiger partial charge in [-0.25, -0.2) is 4.79 Å². The van der Waals surface area contributed by atoms with E-state index in [-0.39, 0.29) is 24.3 Å². The van der Waals surface area contributed by atoms with Crippen molar-refractivity contribution in [1.29, 1.82) is 0 Å². The number of nitrogens with zero attached hydrogens (tertiary/aromatic N) is 2. The molecule has 7 nitrogen and oxygen atoms in total. The lowest BCUT2D eigenvalue weighted by Crippen LogP contribution is -2.50. The molecule has 1 saturated heterocycles. The molecule has 0 atom stereocenters. The normalized spacial score (nSPS) is 14.2. The first-order valence-corrected chi connectivity index (χ1v) is 10.2. The molecule has 0 aromatic heterocycles. The van der Waals surface area contributed by atoms with Gasteiger partial charge >= 0.3 is 5.97 Å². The van der Waals surface area contributed by atoms with Crippen LogP contribution in [0.1, 0.15) is 34.1 Å². The molecule has 1 aliphatic heterocycles. The van der Waals surface area contributed by atoms with Crippen molar-refractivity contribution in [3.05, 3.63) is 65.7 Å². The lowest BCUT2D eigenvalue weighted by Gasteiger charge is -2.34. The first-order valence-electron chi connectivity index (χ1n) is 10.2. The second-order valence-electron chi connectivity index (χ2n) is 7.20. The third-order valence-corrected chi connectivity index (χ3v) is 4.89. The molecular formula is C23H27N3O4. The van der Waals surface area contributed by atoms with Crippen LogP contribution in [0, 0.1) is 0 Å². The lowest BCUT2D eigenvalue weighted by molar-refractivity contribution is -0.117. The van der Waals surface area contributed by atoms with E-state index in [2.05, 4.69) is 5.32 Å². The largest absolute Gasteiger partial charge is 0.462 e. The van der Waals surface area contributed by atoms with Gasteiger partial charge in [0.2, 0.25) is 5.91 Å². The van der Waals surface area contributed by atoms with Crippen LogP contribution in [0.4, 0.5) is 5.69 Å². The smallest absolute Gasteiger partial charge is 0.338 e. The summed E-state index contributed by atoms with van der Waals surface area (Å²) < 4.78 is 5.09. The topological polar surface area (TPSA) is 79.0 Å². The summed E-state index contributed by atoms with van der Waals surface area (Å²) in [5.41, 5.74) is 1.77. The number of ether oxygens (including phenoxy) is 1. The molecule has 2 aromatic carbocycles. The SMILES string of the molecule is CCCOC(=O)c1ccc(NC(=O)CN2CCN(C(=O)c3ccccc3)CC2)cc1. The second kappa shape index (κ2) is 10.5. The fourth-order valence-corrected chi connectivity index (χ4v) is 3.24. The Hall–Kier alpha value is -3.19. The molecule has 1 aliphatic rings. The van der Waals surface area contributed by atoms with Crippen molar-refractivity contribution in [2.75, 3.05) is 44.6 Å². The molecule has 30 heavy (non-hydrogen) atoms. The highest BCUT2D eigenvalue weighted by atomic mass is 16.5. The van der Waals surface area contributed by atoms with Crippen molar-refractivity contribution >= 4 is 23.5 Å². The van der Waals surface area contributed by atoms with Crippen LogP contribution in [0.5, 0.6) is 0 Å². The highest BCUT2D eigenvalue weighted by molar-refractivity contribution is 5.95.